The normalized spacial score (nSPS) is 15.8. The second-order valence-corrected chi connectivity index (χ2v) is 3.98. The van der Waals surface area contributed by atoms with E-state index in [9.17, 15) is 9.90 Å². The smallest absolute Gasteiger partial charge is 0.255 e. The summed E-state index contributed by atoms with van der Waals surface area (Å²) in [5, 5.41) is 9.26. The number of rotatable bonds is 1. The molecule has 0 unspecified atom stereocenters. The zero-order valence-corrected chi connectivity index (χ0v) is 9.18. The third-order valence-electron chi connectivity index (χ3n) is 2.69. The van der Waals surface area contributed by atoms with Crippen molar-refractivity contribution in [2.24, 2.45) is 0 Å². The average Bonchev–Trinajstić information content (AvgIpc) is 2.29. The summed E-state index contributed by atoms with van der Waals surface area (Å²) in [7, 11) is 0. The van der Waals surface area contributed by atoms with Gasteiger partial charge in [-0.1, -0.05) is 11.6 Å². The zero-order valence-electron chi connectivity index (χ0n) is 9.18. The van der Waals surface area contributed by atoms with E-state index in [-0.39, 0.29) is 11.7 Å². The number of carbonyl (C=O) groups excluding carboxylic acids is 1. The maximum absolute atomic E-state index is 12.0. The lowest BCUT2D eigenvalue weighted by Gasteiger charge is -2.25. The molecule has 1 aromatic heterocycles. The summed E-state index contributed by atoms with van der Waals surface area (Å²) in [5.41, 5.74) is 1.76. The Morgan fingerprint density at radius 1 is 1.50 bits per heavy atom. The summed E-state index contributed by atoms with van der Waals surface area (Å²) >= 11 is 0. The average molecular weight is 218 g/mol. The zero-order chi connectivity index (χ0) is 11.5. The van der Waals surface area contributed by atoms with Gasteiger partial charge >= 0.3 is 0 Å². The van der Waals surface area contributed by atoms with Crippen LogP contribution in [0.5, 0.6) is 5.75 Å². The number of hydrogen-bond donors (Lipinski definition) is 1. The fourth-order valence-corrected chi connectivity index (χ4v) is 1.68. The molecule has 0 bridgehead atoms. The van der Waals surface area contributed by atoms with Crippen molar-refractivity contribution in [3.05, 3.63) is 35.7 Å². The monoisotopic (exact) mass is 218 g/mol. The minimum Gasteiger partial charge on any atom is -0.506 e. The first-order valence-corrected chi connectivity index (χ1v) is 5.26. The highest BCUT2D eigenvalue weighted by Crippen LogP contribution is 2.15. The number of hydrogen-bond acceptors (Lipinski definition) is 3. The predicted molar refractivity (Wildman–Crippen MR) is 60.2 cm³/mol. The molecule has 0 saturated heterocycles. The maximum atomic E-state index is 12.0. The molecule has 84 valence electrons. The van der Waals surface area contributed by atoms with Gasteiger partial charge in [0, 0.05) is 19.3 Å². The highest BCUT2D eigenvalue weighted by atomic mass is 16.3. The first kappa shape index (κ1) is 10.7. The Morgan fingerprint density at radius 3 is 2.94 bits per heavy atom. The van der Waals surface area contributed by atoms with Gasteiger partial charge in [0.1, 0.15) is 5.75 Å². The third kappa shape index (κ3) is 2.21. The molecule has 4 heteroatoms. The van der Waals surface area contributed by atoms with Crippen molar-refractivity contribution >= 4 is 5.91 Å². The molecular formula is C12H14N2O2. The van der Waals surface area contributed by atoms with E-state index >= 15 is 0 Å². The number of aromatic nitrogens is 1. The van der Waals surface area contributed by atoms with Crippen molar-refractivity contribution in [1.82, 2.24) is 9.88 Å². The molecule has 1 aliphatic heterocycles. The van der Waals surface area contributed by atoms with E-state index < -0.39 is 0 Å². The number of pyridine rings is 1. The summed E-state index contributed by atoms with van der Waals surface area (Å²) in [6, 6.07) is 1.44. The van der Waals surface area contributed by atoms with Crippen LogP contribution in [0.3, 0.4) is 0 Å². The molecule has 0 spiro atoms. The second kappa shape index (κ2) is 4.35. The van der Waals surface area contributed by atoms with E-state index in [2.05, 4.69) is 18.0 Å². The van der Waals surface area contributed by atoms with Gasteiger partial charge in [-0.2, -0.15) is 0 Å². The summed E-state index contributed by atoms with van der Waals surface area (Å²) in [5.74, 6) is -0.0540. The molecule has 0 fully saturated rings. The van der Waals surface area contributed by atoms with Crippen LogP contribution in [0.15, 0.2) is 30.1 Å². The van der Waals surface area contributed by atoms with Crippen molar-refractivity contribution in [3.63, 3.8) is 0 Å². The minimum atomic E-state index is -0.0767. The van der Waals surface area contributed by atoms with E-state index in [0.717, 1.165) is 13.0 Å². The molecule has 0 aliphatic carbocycles. The molecule has 4 nitrogen and oxygen atoms in total. The molecule has 0 atom stereocenters. The quantitative estimate of drug-likeness (QED) is 0.728. The summed E-state index contributed by atoms with van der Waals surface area (Å²) < 4.78 is 0. The highest BCUT2D eigenvalue weighted by Gasteiger charge is 2.17. The first-order valence-electron chi connectivity index (χ1n) is 5.26. The lowest BCUT2D eigenvalue weighted by Crippen LogP contribution is -2.34. The molecule has 2 rings (SSSR count). The second-order valence-electron chi connectivity index (χ2n) is 3.98. The van der Waals surface area contributed by atoms with Crippen LogP contribution >= 0.6 is 0 Å². The van der Waals surface area contributed by atoms with Crippen molar-refractivity contribution < 1.29 is 9.90 Å². The van der Waals surface area contributed by atoms with E-state index in [1.165, 1.54) is 24.0 Å². The summed E-state index contributed by atoms with van der Waals surface area (Å²) in [4.78, 5) is 17.6. The van der Waals surface area contributed by atoms with Crippen molar-refractivity contribution in [2.45, 2.75) is 13.3 Å². The van der Waals surface area contributed by atoms with Crippen LogP contribution in [0.2, 0.25) is 0 Å². The van der Waals surface area contributed by atoms with Crippen LogP contribution in [0.1, 0.15) is 23.7 Å². The molecule has 1 aliphatic rings. The standard InChI is InChI=1S/C12H14N2O2/c1-9-2-4-14(5-3-9)12(16)10-6-11(15)8-13-7-10/h2,6-8,15H,3-5H2,1H3. The van der Waals surface area contributed by atoms with Crippen LogP contribution in [0.4, 0.5) is 0 Å². The van der Waals surface area contributed by atoms with Crippen LogP contribution in [-0.2, 0) is 0 Å². The predicted octanol–water partition coefficient (Wildman–Crippen LogP) is 1.58. The van der Waals surface area contributed by atoms with Gasteiger partial charge < -0.3 is 10.0 Å². The van der Waals surface area contributed by atoms with Gasteiger partial charge in [0.05, 0.1) is 11.8 Å². The van der Waals surface area contributed by atoms with Gasteiger partial charge in [-0.25, -0.2) is 0 Å². The Morgan fingerprint density at radius 2 is 2.31 bits per heavy atom. The molecule has 1 amide bonds. The van der Waals surface area contributed by atoms with E-state index in [4.69, 9.17) is 0 Å². The Kier molecular flexibility index (Phi) is 2.90. The highest BCUT2D eigenvalue weighted by molar-refractivity contribution is 5.94. The molecule has 1 aromatic rings. The lowest BCUT2D eigenvalue weighted by molar-refractivity contribution is 0.0768. The Labute approximate surface area is 94.2 Å². The fraction of sp³-hybridized carbons (Fsp3) is 0.333. The third-order valence-corrected chi connectivity index (χ3v) is 2.69. The lowest BCUT2D eigenvalue weighted by atomic mass is 10.1. The molecule has 0 aromatic carbocycles. The fourth-order valence-electron chi connectivity index (χ4n) is 1.68. The van der Waals surface area contributed by atoms with Crippen molar-refractivity contribution in [2.75, 3.05) is 13.1 Å². The van der Waals surface area contributed by atoms with Gasteiger partial charge in [-0.3, -0.25) is 9.78 Å². The SMILES string of the molecule is CC1=CCN(C(=O)c2cncc(O)c2)CC1. The van der Waals surface area contributed by atoms with Gasteiger partial charge in [0.25, 0.3) is 5.91 Å². The van der Waals surface area contributed by atoms with Crippen molar-refractivity contribution in [3.8, 4) is 5.75 Å². The molecule has 0 radical (unpaired) electrons. The molecular weight excluding hydrogens is 204 g/mol. The number of aromatic hydroxyl groups is 1. The van der Waals surface area contributed by atoms with E-state index in [1.807, 2.05) is 0 Å². The van der Waals surface area contributed by atoms with Crippen LogP contribution < -0.4 is 0 Å². The Balaban J connectivity index is 2.14. The number of nitrogens with zero attached hydrogens (tertiary/aromatic N) is 2. The van der Waals surface area contributed by atoms with E-state index in [1.54, 1.807) is 4.90 Å². The van der Waals surface area contributed by atoms with Crippen LogP contribution in [-0.4, -0.2) is 34.0 Å². The number of amides is 1. The van der Waals surface area contributed by atoms with E-state index in [0.29, 0.717) is 12.1 Å². The summed E-state index contributed by atoms with van der Waals surface area (Å²) in [6.07, 6.45) is 5.76. The molecule has 16 heavy (non-hydrogen) atoms. The maximum Gasteiger partial charge on any atom is 0.255 e. The van der Waals surface area contributed by atoms with Gasteiger partial charge in [0.15, 0.2) is 0 Å². The molecule has 0 saturated carbocycles. The van der Waals surface area contributed by atoms with Gasteiger partial charge in [0.2, 0.25) is 0 Å². The first-order chi connectivity index (χ1) is 7.66. The Hall–Kier alpha value is -1.84. The number of carbonyl (C=O) groups is 1. The Bertz CT molecular complexity index is 440. The van der Waals surface area contributed by atoms with Gasteiger partial charge in [-0.05, 0) is 19.4 Å². The molecule has 1 N–H and O–H groups in total. The topological polar surface area (TPSA) is 53.4 Å². The van der Waals surface area contributed by atoms with Crippen molar-refractivity contribution in [1.29, 1.82) is 0 Å². The van der Waals surface area contributed by atoms with Gasteiger partial charge in [-0.15, -0.1) is 0 Å². The minimum absolute atomic E-state index is 0.0228. The van der Waals surface area contributed by atoms with Crippen LogP contribution in [0, 0.1) is 0 Å². The largest absolute Gasteiger partial charge is 0.506 e. The van der Waals surface area contributed by atoms with Crippen LogP contribution in [0.25, 0.3) is 0 Å². The summed E-state index contributed by atoms with van der Waals surface area (Å²) in [6.45, 7) is 3.44. The molecule has 2 heterocycles.